The van der Waals surface area contributed by atoms with Gasteiger partial charge in [0.2, 0.25) is 10.0 Å². The maximum atomic E-state index is 12.7. The van der Waals surface area contributed by atoms with Crippen molar-refractivity contribution < 1.29 is 13.2 Å². The van der Waals surface area contributed by atoms with E-state index >= 15 is 0 Å². The molecule has 4 aromatic rings. The number of halogens is 1. The topological polar surface area (TPSA) is 108 Å². The predicted molar refractivity (Wildman–Crippen MR) is 131 cm³/mol. The minimum absolute atomic E-state index is 0.0668. The number of thioether (sulfide) groups is 1. The van der Waals surface area contributed by atoms with Gasteiger partial charge in [-0.05, 0) is 48.6 Å². The molecular formula is C23H21ClN4O3S2. The molecule has 1 heterocycles. The summed E-state index contributed by atoms with van der Waals surface area (Å²) < 4.78 is 24.9. The average Bonchev–Trinajstić information content (AvgIpc) is 3.14. The van der Waals surface area contributed by atoms with E-state index in [0.29, 0.717) is 10.7 Å². The van der Waals surface area contributed by atoms with Gasteiger partial charge >= 0.3 is 0 Å². The largest absolute Gasteiger partial charge is 0.298 e. The molecule has 0 atom stereocenters. The summed E-state index contributed by atoms with van der Waals surface area (Å²) >= 11 is 7.46. The fraction of sp³-hybridized carbons (Fsp3) is 0.174. The van der Waals surface area contributed by atoms with Gasteiger partial charge in [-0.1, -0.05) is 59.8 Å². The van der Waals surface area contributed by atoms with E-state index in [9.17, 15) is 13.2 Å². The van der Waals surface area contributed by atoms with Crippen LogP contribution < -0.4 is 5.14 Å². The summed E-state index contributed by atoms with van der Waals surface area (Å²) in [6.07, 6.45) is 0.0668. The molecule has 3 aromatic carbocycles. The summed E-state index contributed by atoms with van der Waals surface area (Å²) in [7, 11) is -3.86. The van der Waals surface area contributed by atoms with E-state index in [0.717, 1.165) is 22.3 Å². The molecule has 0 aliphatic carbocycles. The van der Waals surface area contributed by atoms with Crippen molar-refractivity contribution in [1.29, 1.82) is 0 Å². The van der Waals surface area contributed by atoms with Crippen molar-refractivity contribution in [3.05, 3.63) is 76.6 Å². The third-order valence-electron chi connectivity index (χ3n) is 5.26. The lowest BCUT2D eigenvalue weighted by molar-refractivity contribution is -0.116. The van der Waals surface area contributed by atoms with E-state index in [4.69, 9.17) is 16.7 Å². The third-order valence-corrected chi connectivity index (χ3v) is 7.51. The van der Waals surface area contributed by atoms with Crippen molar-refractivity contribution in [1.82, 2.24) is 14.8 Å². The first-order valence-electron chi connectivity index (χ1n) is 10.0. The second-order valence-corrected chi connectivity index (χ2v) is 10.5. The first-order chi connectivity index (χ1) is 15.6. The molecule has 0 aliphatic rings. The highest BCUT2D eigenvalue weighted by Crippen LogP contribution is 2.30. The standard InChI is InChI=1S/C23H21ClN4O3S2/c1-14-7-10-22(20-6-4-3-5-19(14)20)28-15(2)26-27-23(28)32-13-17(29)11-16-8-9-18(12-21(16)24)33(25,30)31/h3-10,12H,11,13H2,1-2H3,(H2,25,30,31). The van der Waals surface area contributed by atoms with Crippen LogP contribution in [0.2, 0.25) is 5.02 Å². The normalized spacial score (nSPS) is 11.8. The van der Waals surface area contributed by atoms with Crippen LogP contribution in [0.25, 0.3) is 16.5 Å². The molecular weight excluding hydrogens is 480 g/mol. The van der Waals surface area contributed by atoms with E-state index < -0.39 is 10.0 Å². The minimum atomic E-state index is -3.86. The molecule has 2 N–H and O–H groups in total. The lowest BCUT2D eigenvalue weighted by Gasteiger charge is -2.13. The van der Waals surface area contributed by atoms with Crippen LogP contribution >= 0.6 is 23.4 Å². The second-order valence-electron chi connectivity index (χ2n) is 7.61. The number of carbonyl (C=O) groups is 1. The summed E-state index contributed by atoms with van der Waals surface area (Å²) in [5.41, 5.74) is 2.67. The Morgan fingerprint density at radius 1 is 1.06 bits per heavy atom. The van der Waals surface area contributed by atoms with Crippen molar-refractivity contribution >= 4 is 49.9 Å². The van der Waals surface area contributed by atoms with Crippen LogP contribution in [0.15, 0.2) is 64.6 Å². The lowest BCUT2D eigenvalue weighted by atomic mass is 10.0. The number of aryl methyl sites for hydroxylation is 2. The van der Waals surface area contributed by atoms with Gasteiger partial charge in [-0.25, -0.2) is 13.6 Å². The van der Waals surface area contributed by atoms with Crippen LogP contribution in [-0.2, 0) is 21.2 Å². The van der Waals surface area contributed by atoms with E-state index in [-0.39, 0.29) is 27.9 Å². The van der Waals surface area contributed by atoms with Crippen molar-refractivity contribution in [3.8, 4) is 5.69 Å². The Balaban J connectivity index is 1.55. The molecule has 170 valence electrons. The summed E-state index contributed by atoms with van der Waals surface area (Å²) in [5.74, 6) is 0.807. The Bertz CT molecular complexity index is 1480. The maximum Gasteiger partial charge on any atom is 0.238 e. The van der Waals surface area contributed by atoms with Gasteiger partial charge in [0.1, 0.15) is 11.6 Å². The molecule has 0 radical (unpaired) electrons. The van der Waals surface area contributed by atoms with Gasteiger partial charge in [-0.15, -0.1) is 10.2 Å². The Labute approximate surface area is 201 Å². The highest BCUT2D eigenvalue weighted by atomic mass is 35.5. The average molecular weight is 501 g/mol. The molecule has 0 saturated heterocycles. The molecule has 0 fully saturated rings. The molecule has 0 amide bonds. The van der Waals surface area contributed by atoms with Gasteiger partial charge in [-0.2, -0.15) is 0 Å². The number of nitrogens with zero attached hydrogens (tertiary/aromatic N) is 3. The van der Waals surface area contributed by atoms with Gasteiger partial charge in [0.05, 0.1) is 16.3 Å². The molecule has 7 nitrogen and oxygen atoms in total. The first-order valence-corrected chi connectivity index (χ1v) is 12.9. The van der Waals surface area contributed by atoms with E-state index in [1.54, 1.807) is 0 Å². The van der Waals surface area contributed by atoms with Crippen molar-refractivity contribution in [3.63, 3.8) is 0 Å². The summed E-state index contributed by atoms with van der Waals surface area (Å²) in [6.45, 7) is 3.94. The van der Waals surface area contributed by atoms with Crippen molar-refractivity contribution in [2.45, 2.75) is 30.3 Å². The zero-order valence-electron chi connectivity index (χ0n) is 17.9. The number of nitrogens with two attached hydrogens (primary N) is 1. The van der Waals surface area contributed by atoms with Crippen molar-refractivity contribution in [2.75, 3.05) is 5.75 Å². The van der Waals surface area contributed by atoms with E-state index in [1.165, 1.54) is 35.5 Å². The zero-order chi connectivity index (χ0) is 23.8. The smallest absolute Gasteiger partial charge is 0.238 e. The number of ketones is 1. The predicted octanol–water partition coefficient (Wildman–Crippen LogP) is 4.24. The van der Waals surface area contributed by atoms with Crippen LogP contribution in [-0.4, -0.2) is 34.7 Å². The second kappa shape index (κ2) is 9.26. The van der Waals surface area contributed by atoms with E-state index in [1.807, 2.05) is 29.7 Å². The molecule has 0 saturated carbocycles. The Hall–Kier alpha value is -2.72. The lowest BCUT2D eigenvalue weighted by Crippen LogP contribution is -2.13. The quantitative estimate of drug-likeness (QED) is 0.380. The number of hydrogen-bond donors (Lipinski definition) is 1. The molecule has 0 bridgehead atoms. The SMILES string of the molecule is Cc1ccc(-n2c(C)nnc2SCC(=O)Cc2ccc(S(N)(=O)=O)cc2Cl)c2ccccc12. The fourth-order valence-corrected chi connectivity index (χ4v) is 5.30. The van der Waals surface area contributed by atoms with E-state index in [2.05, 4.69) is 35.3 Å². The number of Topliss-reactive ketones (excluding diaryl/α,β-unsaturated/α-hetero) is 1. The Kier molecular flexibility index (Phi) is 6.58. The Morgan fingerprint density at radius 2 is 1.79 bits per heavy atom. The number of carbonyl (C=O) groups excluding carboxylic acids is 1. The number of primary sulfonamides is 1. The Morgan fingerprint density at radius 3 is 2.48 bits per heavy atom. The number of rotatable bonds is 7. The monoisotopic (exact) mass is 500 g/mol. The van der Waals surface area contributed by atoms with Crippen LogP contribution in [0.5, 0.6) is 0 Å². The number of hydrogen-bond acceptors (Lipinski definition) is 6. The highest BCUT2D eigenvalue weighted by Gasteiger charge is 2.17. The van der Waals surface area contributed by atoms with Crippen LogP contribution in [0.1, 0.15) is 17.0 Å². The van der Waals surface area contributed by atoms with Gasteiger partial charge in [0, 0.05) is 16.8 Å². The molecule has 0 spiro atoms. The summed E-state index contributed by atoms with van der Waals surface area (Å²) in [4.78, 5) is 12.6. The van der Waals surface area contributed by atoms with Gasteiger partial charge < -0.3 is 0 Å². The van der Waals surface area contributed by atoms with Gasteiger partial charge in [-0.3, -0.25) is 9.36 Å². The maximum absolute atomic E-state index is 12.7. The van der Waals surface area contributed by atoms with Gasteiger partial charge in [0.15, 0.2) is 5.16 Å². The number of benzene rings is 3. The number of fused-ring (bicyclic) bond motifs is 1. The third kappa shape index (κ3) is 4.96. The molecule has 33 heavy (non-hydrogen) atoms. The summed E-state index contributed by atoms with van der Waals surface area (Å²) in [5, 5.41) is 16.6. The number of aromatic nitrogens is 3. The highest BCUT2D eigenvalue weighted by molar-refractivity contribution is 7.99. The molecule has 0 aliphatic heterocycles. The fourth-order valence-electron chi connectivity index (χ4n) is 3.60. The molecule has 1 aromatic heterocycles. The van der Waals surface area contributed by atoms with Crippen LogP contribution in [0, 0.1) is 13.8 Å². The van der Waals surface area contributed by atoms with Crippen LogP contribution in [0.3, 0.4) is 0 Å². The molecule has 10 heteroatoms. The van der Waals surface area contributed by atoms with Gasteiger partial charge in [0.25, 0.3) is 0 Å². The number of sulfonamides is 1. The van der Waals surface area contributed by atoms with Crippen molar-refractivity contribution in [2.24, 2.45) is 5.14 Å². The molecule has 0 unspecified atom stereocenters. The zero-order valence-corrected chi connectivity index (χ0v) is 20.3. The van der Waals surface area contributed by atoms with Crippen LogP contribution in [0.4, 0.5) is 0 Å². The molecule has 4 rings (SSSR count). The summed E-state index contributed by atoms with van der Waals surface area (Å²) in [6, 6.07) is 16.3. The first kappa shape index (κ1) is 23.4. The minimum Gasteiger partial charge on any atom is -0.298 e.